The maximum atomic E-state index is 9.81. The maximum Gasteiger partial charge on any atom is 0.225 e. The molecule has 0 bridgehead atoms. The quantitative estimate of drug-likeness (QED) is 0.429. The maximum absolute atomic E-state index is 9.81. The molecule has 10 heavy (non-hydrogen) atoms. The van der Waals surface area contributed by atoms with Gasteiger partial charge in [-0.2, -0.15) is 0 Å². The Morgan fingerprint density at radius 2 is 2.30 bits per heavy atom. The summed E-state index contributed by atoms with van der Waals surface area (Å²) in [5.41, 5.74) is 0.962. The van der Waals surface area contributed by atoms with Gasteiger partial charge < -0.3 is 0 Å². The molecule has 0 aliphatic carbocycles. The first-order valence-corrected chi connectivity index (χ1v) is 3.52. The molecule has 0 aromatic carbocycles. The molecule has 1 nitrogen and oxygen atoms in total. The zero-order valence-corrected chi connectivity index (χ0v) is 6.55. The van der Waals surface area contributed by atoms with Crippen molar-refractivity contribution in [1.82, 2.24) is 0 Å². The van der Waals surface area contributed by atoms with Gasteiger partial charge in [0, 0.05) is 0 Å². The molecule has 0 aliphatic rings. The minimum atomic E-state index is 0.962. The standard InChI is InChI=1S/C9H13O/c1-3-4-5-6-9(2)7-8-10/h5-7H,3-4H2,1-2H3. The van der Waals surface area contributed by atoms with Gasteiger partial charge in [0.25, 0.3) is 0 Å². The summed E-state index contributed by atoms with van der Waals surface area (Å²) in [5, 5.41) is 0. The van der Waals surface area contributed by atoms with E-state index in [0.717, 1.165) is 18.4 Å². The summed E-state index contributed by atoms with van der Waals surface area (Å²) in [6.45, 7) is 4.01. The number of hydrogen-bond donors (Lipinski definition) is 0. The summed E-state index contributed by atoms with van der Waals surface area (Å²) in [7, 11) is 0. The molecule has 0 aromatic rings. The van der Waals surface area contributed by atoms with Gasteiger partial charge in [0.2, 0.25) is 6.29 Å². The zero-order valence-electron chi connectivity index (χ0n) is 6.55. The van der Waals surface area contributed by atoms with Gasteiger partial charge in [-0.25, -0.2) is 0 Å². The third-order valence-electron chi connectivity index (χ3n) is 1.12. The minimum Gasteiger partial charge on any atom is -0.286 e. The van der Waals surface area contributed by atoms with Gasteiger partial charge in [-0.1, -0.05) is 25.5 Å². The SMILES string of the molecule is CCCC=CC(C)=C[C]=O. The molecule has 0 fully saturated rings. The monoisotopic (exact) mass is 137 g/mol. The predicted octanol–water partition coefficient (Wildman–Crippen LogP) is 2.40. The Morgan fingerprint density at radius 1 is 1.60 bits per heavy atom. The van der Waals surface area contributed by atoms with E-state index < -0.39 is 0 Å². The van der Waals surface area contributed by atoms with Crippen molar-refractivity contribution in [2.75, 3.05) is 0 Å². The molecule has 0 aromatic heterocycles. The molecule has 55 valence electrons. The van der Waals surface area contributed by atoms with E-state index in [1.165, 1.54) is 6.08 Å². The van der Waals surface area contributed by atoms with E-state index in [9.17, 15) is 4.79 Å². The van der Waals surface area contributed by atoms with Crippen molar-refractivity contribution < 1.29 is 4.79 Å². The lowest BCUT2D eigenvalue weighted by Crippen LogP contribution is -1.69. The van der Waals surface area contributed by atoms with Crippen LogP contribution in [-0.2, 0) is 4.79 Å². The van der Waals surface area contributed by atoms with Gasteiger partial charge >= 0.3 is 0 Å². The average molecular weight is 137 g/mol. The molecule has 0 rings (SSSR count). The highest BCUT2D eigenvalue weighted by Gasteiger charge is 1.78. The van der Waals surface area contributed by atoms with Crippen LogP contribution in [0.2, 0.25) is 0 Å². The van der Waals surface area contributed by atoms with Gasteiger partial charge in [-0.05, 0) is 25.0 Å². The van der Waals surface area contributed by atoms with Gasteiger partial charge in [0.15, 0.2) is 0 Å². The second-order valence-electron chi connectivity index (χ2n) is 2.20. The summed E-state index contributed by atoms with van der Waals surface area (Å²) in [6, 6.07) is 0. The van der Waals surface area contributed by atoms with E-state index in [2.05, 4.69) is 13.0 Å². The lowest BCUT2D eigenvalue weighted by atomic mass is 10.2. The number of allylic oxidation sites excluding steroid dienone is 4. The predicted molar refractivity (Wildman–Crippen MR) is 43.5 cm³/mol. The molecule has 0 saturated heterocycles. The van der Waals surface area contributed by atoms with Crippen LogP contribution >= 0.6 is 0 Å². The number of carbonyl (C=O) groups excluding carboxylic acids is 1. The Hall–Kier alpha value is -0.850. The van der Waals surface area contributed by atoms with Crippen molar-refractivity contribution in [3.05, 3.63) is 23.8 Å². The Bertz CT molecular complexity index is 143. The molecule has 1 radical (unpaired) electrons. The molecule has 0 saturated carbocycles. The van der Waals surface area contributed by atoms with E-state index >= 15 is 0 Å². The normalized spacial score (nSPS) is 12.4. The third kappa shape index (κ3) is 5.29. The molecule has 0 spiro atoms. The second kappa shape index (κ2) is 6.27. The molecule has 0 N–H and O–H groups in total. The lowest BCUT2D eigenvalue weighted by molar-refractivity contribution is 0.564. The smallest absolute Gasteiger partial charge is 0.225 e. The zero-order chi connectivity index (χ0) is 7.82. The third-order valence-corrected chi connectivity index (χ3v) is 1.12. The second-order valence-corrected chi connectivity index (χ2v) is 2.20. The number of unbranched alkanes of at least 4 members (excludes halogenated alkanes) is 1. The van der Waals surface area contributed by atoms with Crippen LogP contribution in [0.5, 0.6) is 0 Å². The van der Waals surface area contributed by atoms with Gasteiger partial charge in [-0.3, -0.25) is 4.79 Å². The first-order valence-electron chi connectivity index (χ1n) is 3.52. The van der Waals surface area contributed by atoms with Crippen LogP contribution in [0.4, 0.5) is 0 Å². The van der Waals surface area contributed by atoms with Crippen LogP contribution in [-0.4, -0.2) is 6.29 Å². The Kier molecular flexibility index (Phi) is 5.74. The van der Waals surface area contributed by atoms with Crippen LogP contribution in [0.15, 0.2) is 23.8 Å². The summed E-state index contributed by atoms with van der Waals surface area (Å²) in [6.07, 6.45) is 9.39. The van der Waals surface area contributed by atoms with E-state index in [4.69, 9.17) is 0 Å². The molecule has 0 amide bonds. The average Bonchev–Trinajstić information content (AvgIpc) is 1.89. The highest BCUT2D eigenvalue weighted by atomic mass is 16.1. The Labute approximate surface area is 62.4 Å². The van der Waals surface area contributed by atoms with Crippen molar-refractivity contribution in [2.45, 2.75) is 26.7 Å². The number of rotatable bonds is 4. The molecular weight excluding hydrogens is 124 g/mol. The molecular formula is C9H13O. The Balaban J connectivity index is 3.65. The molecule has 0 unspecified atom stereocenters. The van der Waals surface area contributed by atoms with Gasteiger partial charge in [0.1, 0.15) is 0 Å². The van der Waals surface area contributed by atoms with Gasteiger partial charge in [0.05, 0.1) is 0 Å². The summed E-state index contributed by atoms with van der Waals surface area (Å²) in [4.78, 5) is 9.81. The van der Waals surface area contributed by atoms with Crippen molar-refractivity contribution in [1.29, 1.82) is 0 Å². The number of hydrogen-bond acceptors (Lipinski definition) is 1. The van der Waals surface area contributed by atoms with Crippen LogP contribution in [0.25, 0.3) is 0 Å². The van der Waals surface area contributed by atoms with Crippen molar-refractivity contribution in [3.8, 4) is 0 Å². The van der Waals surface area contributed by atoms with Gasteiger partial charge in [-0.15, -0.1) is 0 Å². The van der Waals surface area contributed by atoms with Crippen LogP contribution in [0.1, 0.15) is 26.7 Å². The summed E-state index contributed by atoms with van der Waals surface area (Å²) >= 11 is 0. The van der Waals surface area contributed by atoms with E-state index in [0.29, 0.717) is 0 Å². The van der Waals surface area contributed by atoms with E-state index in [-0.39, 0.29) is 0 Å². The molecule has 0 aliphatic heterocycles. The fraction of sp³-hybridized carbons (Fsp3) is 0.444. The Morgan fingerprint density at radius 3 is 2.80 bits per heavy atom. The fourth-order valence-electron chi connectivity index (χ4n) is 0.577. The van der Waals surface area contributed by atoms with E-state index in [1.807, 2.05) is 13.0 Å². The topological polar surface area (TPSA) is 17.1 Å². The van der Waals surface area contributed by atoms with Crippen LogP contribution < -0.4 is 0 Å². The first-order chi connectivity index (χ1) is 4.81. The first kappa shape index (κ1) is 9.15. The lowest BCUT2D eigenvalue weighted by Gasteiger charge is -1.85. The van der Waals surface area contributed by atoms with Crippen molar-refractivity contribution >= 4 is 6.29 Å². The van der Waals surface area contributed by atoms with Crippen LogP contribution in [0, 0.1) is 0 Å². The minimum absolute atomic E-state index is 0.962. The summed E-state index contributed by atoms with van der Waals surface area (Å²) in [5.74, 6) is 0. The molecule has 1 heteroatoms. The fourth-order valence-corrected chi connectivity index (χ4v) is 0.577. The summed E-state index contributed by atoms with van der Waals surface area (Å²) < 4.78 is 0. The largest absolute Gasteiger partial charge is 0.286 e. The van der Waals surface area contributed by atoms with Crippen molar-refractivity contribution in [2.24, 2.45) is 0 Å². The highest BCUT2D eigenvalue weighted by Crippen LogP contribution is 1.96. The van der Waals surface area contributed by atoms with Crippen LogP contribution in [0.3, 0.4) is 0 Å². The highest BCUT2D eigenvalue weighted by molar-refractivity contribution is 5.67. The van der Waals surface area contributed by atoms with Crippen molar-refractivity contribution in [3.63, 3.8) is 0 Å². The molecule has 0 atom stereocenters. The van der Waals surface area contributed by atoms with E-state index in [1.54, 1.807) is 6.29 Å². The molecule has 0 heterocycles.